The highest BCUT2D eigenvalue weighted by Crippen LogP contribution is 2.19. The fourth-order valence-electron chi connectivity index (χ4n) is 1.71. The summed E-state index contributed by atoms with van der Waals surface area (Å²) >= 11 is 0. The number of pyridine rings is 1. The molecule has 0 aliphatic rings. The first kappa shape index (κ1) is 12.9. The van der Waals surface area contributed by atoms with Gasteiger partial charge in [0.05, 0.1) is 22.4 Å². The summed E-state index contributed by atoms with van der Waals surface area (Å²) < 4.78 is 0. The van der Waals surface area contributed by atoms with Crippen molar-refractivity contribution >= 4 is 11.5 Å². The van der Waals surface area contributed by atoms with E-state index in [-0.39, 0.29) is 11.7 Å². The molecule has 2 heterocycles. The number of rotatable bonds is 4. The quantitative estimate of drug-likeness (QED) is 0.668. The SMILES string of the molecule is Cc1nccnc1[C@@H](C)Nc1ccc([N+](=O)[O-])cn1. The topological polar surface area (TPSA) is 93.8 Å². The fourth-order valence-corrected chi connectivity index (χ4v) is 1.71. The highest BCUT2D eigenvalue weighted by molar-refractivity contribution is 5.41. The van der Waals surface area contributed by atoms with Crippen LogP contribution in [0.25, 0.3) is 0 Å². The van der Waals surface area contributed by atoms with Crippen LogP contribution in [0.5, 0.6) is 0 Å². The molecule has 1 N–H and O–H groups in total. The van der Waals surface area contributed by atoms with Crippen molar-refractivity contribution in [1.29, 1.82) is 0 Å². The molecule has 0 aliphatic carbocycles. The third-order valence-electron chi connectivity index (χ3n) is 2.65. The van der Waals surface area contributed by atoms with Crippen molar-refractivity contribution < 1.29 is 4.92 Å². The predicted molar refractivity (Wildman–Crippen MR) is 69.7 cm³/mol. The summed E-state index contributed by atoms with van der Waals surface area (Å²) in [5, 5.41) is 13.7. The van der Waals surface area contributed by atoms with Gasteiger partial charge in [-0.3, -0.25) is 20.1 Å². The van der Waals surface area contributed by atoms with Gasteiger partial charge in [-0.15, -0.1) is 0 Å². The Morgan fingerprint density at radius 1 is 1.26 bits per heavy atom. The summed E-state index contributed by atoms with van der Waals surface area (Å²) in [7, 11) is 0. The van der Waals surface area contributed by atoms with Gasteiger partial charge in [0.25, 0.3) is 5.69 Å². The lowest BCUT2D eigenvalue weighted by atomic mass is 10.2. The molecule has 7 nitrogen and oxygen atoms in total. The maximum atomic E-state index is 10.5. The molecule has 0 bridgehead atoms. The summed E-state index contributed by atoms with van der Waals surface area (Å²) in [5.41, 5.74) is 1.63. The second kappa shape index (κ2) is 5.38. The summed E-state index contributed by atoms with van der Waals surface area (Å²) in [6.45, 7) is 3.81. The van der Waals surface area contributed by atoms with Crippen molar-refractivity contribution in [3.05, 3.63) is 52.2 Å². The van der Waals surface area contributed by atoms with E-state index in [0.717, 1.165) is 11.4 Å². The van der Waals surface area contributed by atoms with Gasteiger partial charge in [-0.2, -0.15) is 0 Å². The normalized spacial score (nSPS) is 11.9. The lowest BCUT2D eigenvalue weighted by molar-refractivity contribution is -0.385. The Labute approximate surface area is 109 Å². The van der Waals surface area contributed by atoms with Gasteiger partial charge < -0.3 is 5.32 Å². The van der Waals surface area contributed by atoms with Gasteiger partial charge in [-0.25, -0.2) is 4.98 Å². The van der Waals surface area contributed by atoms with Crippen LogP contribution in [0.2, 0.25) is 0 Å². The van der Waals surface area contributed by atoms with Crippen LogP contribution >= 0.6 is 0 Å². The Bertz CT molecular complexity index is 585. The molecular weight excluding hydrogens is 246 g/mol. The van der Waals surface area contributed by atoms with Crippen molar-refractivity contribution in [2.45, 2.75) is 19.9 Å². The lowest BCUT2D eigenvalue weighted by Crippen LogP contribution is -2.11. The van der Waals surface area contributed by atoms with Crippen LogP contribution < -0.4 is 5.32 Å². The zero-order valence-corrected chi connectivity index (χ0v) is 10.6. The minimum Gasteiger partial charge on any atom is -0.362 e. The molecule has 7 heteroatoms. The van der Waals surface area contributed by atoms with E-state index in [1.165, 1.54) is 12.3 Å². The molecule has 0 radical (unpaired) electrons. The van der Waals surface area contributed by atoms with E-state index in [0.29, 0.717) is 5.82 Å². The summed E-state index contributed by atoms with van der Waals surface area (Å²) in [5.74, 6) is 0.558. The van der Waals surface area contributed by atoms with E-state index in [2.05, 4.69) is 20.3 Å². The molecule has 0 aliphatic heterocycles. The Morgan fingerprint density at radius 2 is 2.00 bits per heavy atom. The van der Waals surface area contributed by atoms with Crippen molar-refractivity contribution in [3.8, 4) is 0 Å². The molecule has 0 amide bonds. The minimum absolute atomic E-state index is 0.0334. The van der Waals surface area contributed by atoms with Gasteiger partial charge in [0, 0.05) is 18.5 Å². The third kappa shape index (κ3) is 3.01. The average molecular weight is 259 g/mol. The minimum atomic E-state index is -0.479. The first-order chi connectivity index (χ1) is 9.08. The number of hydrogen-bond donors (Lipinski definition) is 1. The number of anilines is 1. The second-order valence-corrected chi connectivity index (χ2v) is 4.05. The summed E-state index contributed by atoms with van der Waals surface area (Å²) in [6, 6.07) is 2.90. The lowest BCUT2D eigenvalue weighted by Gasteiger charge is -2.14. The molecule has 0 fully saturated rings. The number of aryl methyl sites for hydroxylation is 1. The molecular formula is C12H13N5O2. The van der Waals surface area contributed by atoms with Gasteiger partial charge in [0.15, 0.2) is 0 Å². The second-order valence-electron chi connectivity index (χ2n) is 4.05. The Hall–Kier alpha value is -2.57. The largest absolute Gasteiger partial charge is 0.362 e. The smallest absolute Gasteiger partial charge is 0.287 e. The molecule has 0 saturated heterocycles. The van der Waals surface area contributed by atoms with Gasteiger partial charge in [0.1, 0.15) is 12.0 Å². The highest BCUT2D eigenvalue weighted by Gasteiger charge is 2.12. The molecule has 0 unspecified atom stereocenters. The number of hydrogen-bond acceptors (Lipinski definition) is 6. The predicted octanol–water partition coefficient (Wildman–Crippen LogP) is 2.26. The first-order valence-corrected chi connectivity index (χ1v) is 5.72. The van der Waals surface area contributed by atoms with Crippen LogP contribution in [0.4, 0.5) is 11.5 Å². The van der Waals surface area contributed by atoms with Crippen molar-refractivity contribution in [3.63, 3.8) is 0 Å². The van der Waals surface area contributed by atoms with E-state index < -0.39 is 4.92 Å². The van der Waals surface area contributed by atoms with Crippen LogP contribution in [-0.2, 0) is 0 Å². The van der Waals surface area contributed by atoms with E-state index >= 15 is 0 Å². The number of nitro groups is 1. The Balaban J connectivity index is 2.13. The maximum absolute atomic E-state index is 10.5. The average Bonchev–Trinajstić information content (AvgIpc) is 2.39. The summed E-state index contributed by atoms with van der Waals surface area (Å²) in [6.07, 6.45) is 4.48. The van der Waals surface area contributed by atoms with E-state index in [4.69, 9.17) is 0 Å². The molecule has 0 spiro atoms. The van der Waals surface area contributed by atoms with Gasteiger partial charge >= 0.3 is 0 Å². The molecule has 1 atom stereocenters. The molecule has 19 heavy (non-hydrogen) atoms. The van der Waals surface area contributed by atoms with Crippen molar-refractivity contribution in [1.82, 2.24) is 15.0 Å². The Morgan fingerprint density at radius 3 is 2.58 bits per heavy atom. The van der Waals surface area contributed by atoms with Crippen LogP contribution in [0.1, 0.15) is 24.4 Å². The number of nitrogens with one attached hydrogen (secondary N) is 1. The van der Waals surface area contributed by atoms with Gasteiger partial charge in [0.2, 0.25) is 0 Å². The van der Waals surface area contributed by atoms with Crippen LogP contribution in [0.15, 0.2) is 30.7 Å². The standard InChI is InChI=1S/C12H13N5O2/c1-8-12(14-6-5-13-8)9(2)16-11-4-3-10(7-15-11)17(18)19/h3-7,9H,1-2H3,(H,15,16)/t9-/m1/s1. The van der Waals surface area contributed by atoms with Crippen LogP contribution in [0, 0.1) is 17.0 Å². The highest BCUT2D eigenvalue weighted by atomic mass is 16.6. The van der Waals surface area contributed by atoms with Gasteiger partial charge in [-0.1, -0.05) is 0 Å². The fraction of sp³-hybridized carbons (Fsp3) is 0.250. The molecule has 2 aromatic heterocycles. The van der Waals surface area contributed by atoms with Crippen LogP contribution in [-0.4, -0.2) is 19.9 Å². The zero-order valence-electron chi connectivity index (χ0n) is 10.6. The number of aromatic nitrogens is 3. The molecule has 2 aromatic rings. The van der Waals surface area contributed by atoms with Crippen molar-refractivity contribution in [2.24, 2.45) is 0 Å². The summed E-state index contributed by atoms with van der Waals surface area (Å²) in [4.78, 5) is 22.5. The third-order valence-corrected chi connectivity index (χ3v) is 2.65. The zero-order chi connectivity index (χ0) is 13.8. The van der Waals surface area contributed by atoms with E-state index in [9.17, 15) is 10.1 Å². The first-order valence-electron chi connectivity index (χ1n) is 5.72. The monoisotopic (exact) mass is 259 g/mol. The maximum Gasteiger partial charge on any atom is 0.287 e. The van der Waals surface area contributed by atoms with E-state index in [1.807, 2.05) is 13.8 Å². The van der Waals surface area contributed by atoms with Crippen LogP contribution in [0.3, 0.4) is 0 Å². The molecule has 0 aromatic carbocycles. The van der Waals surface area contributed by atoms with Crippen molar-refractivity contribution in [2.75, 3.05) is 5.32 Å². The Kier molecular flexibility index (Phi) is 3.65. The molecule has 2 rings (SSSR count). The molecule has 0 saturated carbocycles. The number of nitrogens with zero attached hydrogens (tertiary/aromatic N) is 4. The molecule has 98 valence electrons. The van der Waals surface area contributed by atoms with E-state index in [1.54, 1.807) is 18.5 Å². The van der Waals surface area contributed by atoms with Gasteiger partial charge in [-0.05, 0) is 19.9 Å².